The number of amides is 1. The molecule has 0 unspecified atom stereocenters. The molecular weight excluding hydrogens is 256 g/mol. The molecule has 0 aliphatic carbocycles. The highest BCUT2D eigenvalue weighted by molar-refractivity contribution is 6.28. The van der Waals surface area contributed by atoms with Gasteiger partial charge in [-0.25, -0.2) is 0 Å². The lowest BCUT2D eigenvalue weighted by molar-refractivity contribution is -0.120. The van der Waals surface area contributed by atoms with Gasteiger partial charge in [0.15, 0.2) is 0 Å². The molecule has 1 fully saturated rings. The molecule has 0 saturated carbocycles. The Morgan fingerprint density at radius 1 is 1.44 bits per heavy atom. The zero-order valence-electron chi connectivity index (χ0n) is 10.1. The van der Waals surface area contributed by atoms with E-state index in [1.807, 2.05) is 6.92 Å². The predicted molar refractivity (Wildman–Crippen MR) is 68.8 cm³/mol. The molecule has 2 N–H and O–H groups in total. The lowest BCUT2D eigenvalue weighted by atomic mass is 10.4. The fourth-order valence-corrected chi connectivity index (χ4v) is 1.76. The minimum atomic E-state index is -0.0409. The van der Waals surface area contributed by atoms with Gasteiger partial charge in [-0.2, -0.15) is 15.0 Å². The highest BCUT2D eigenvalue weighted by Crippen LogP contribution is 2.14. The summed E-state index contributed by atoms with van der Waals surface area (Å²) >= 11 is 5.86. The van der Waals surface area contributed by atoms with Crippen molar-refractivity contribution < 1.29 is 4.79 Å². The van der Waals surface area contributed by atoms with E-state index in [4.69, 9.17) is 11.6 Å². The van der Waals surface area contributed by atoms with Crippen LogP contribution < -0.4 is 15.5 Å². The van der Waals surface area contributed by atoms with Crippen LogP contribution in [0.15, 0.2) is 0 Å². The predicted octanol–water partition coefficient (Wildman–Crippen LogP) is 0.283. The van der Waals surface area contributed by atoms with E-state index in [0.717, 1.165) is 13.0 Å². The first-order valence-corrected chi connectivity index (χ1v) is 6.24. The fraction of sp³-hybridized carbons (Fsp3) is 0.600. The standard InChI is InChI=1S/C10H15ClN6O/c1-2-3-13-9-14-8(11)15-10(16-9)17-5-4-12-7(18)6-17/h2-6H2,1H3,(H,12,18)(H,13,14,15,16). The van der Waals surface area contributed by atoms with Gasteiger partial charge in [0.25, 0.3) is 0 Å². The number of nitrogens with one attached hydrogen (secondary N) is 2. The number of aromatic nitrogens is 3. The Balaban J connectivity index is 2.16. The molecule has 1 aromatic rings. The van der Waals surface area contributed by atoms with Gasteiger partial charge in [-0.3, -0.25) is 4.79 Å². The Morgan fingerprint density at radius 3 is 3.00 bits per heavy atom. The summed E-state index contributed by atoms with van der Waals surface area (Å²) in [4.78, 5) is 25.4. The maximum atomic E-state index is 11.3. The topological polar surface area (TPSA) is 83.0 Å². The van der Waals surface area contributed by atoms with Crippen molar-refractivity contribution in [3.8, 4) is 0 Å². The number of hydrogen-bond donors (Lipinski definition) is 2. The van der Waals surface area contributed by atoms with Crippen LogP contribution in [0.2, 0.25) is 5.28 Å². The third-order valence-corrected chi connectivity index (χ3v) is 2.62. The minimum Gasteiger partial charge on any atom is -0.354 e. The lowest BCUT2D eigenvalue weighted by Crippen LogP contribution is -2.48. The van der Waals surface area contributed by atoms with Crippen LogP contribution >= 0.6 is 11.6 Å². The van der Waals surface area contributed by atoms with Gasteiger partial charge in [-0.1, -0.05) is 6.92 Å². The monoisotopic (exact) mass is 270 g/mol. The van der Waals surface area contributed by atoms with Crippen molar-refractivity contribution in [2.45, 2.75) is 13.3 Å². The molecular formula is C10H15ClN6O. The first-order valence-electron chi connectivity index (χ1n) is 5.86. The molecule has 8 heteroatoms. The molecule has 98 valence electrons. The Labute approximate surface area is 110 Å². The van der Waals surface area contributed by atoms with E-state index in [-0.39, 0.29) is 17.7 Å². The van der Waals surface area contributed by atoms with E-state index in [1.54, 1.807) is 4.90 Å². The minimum absolute atomic E-state index is 0.0409. The fourth-order valence-electron chi connectivity index (χ4n) is 1.61. The zero-order chi connectivity index (χ0) is 13.0. The van der Waals surface area contributed by atoms with E-state index in [1.165, 1.54) is 0 Å². The van der Waals surface area contributed by atoms with Gasteiger partial charge in [0.2, 0.25) is 23.1 Å². The summed E-state index contributed by atoms with van der Waals surface area (Å²) in [5.41, 5.74) is 0. The van der Waals surface area contributed by atoms with E-state index in [9.17, 15) is 4.79 Å². The highest BCUT2D eigenvalue weighted by Gasteiger charge is 2.19. The lowest BCUT2D eigenvalue weighted by Gasteiger charge is -2.26. The summed E-state index contributed by atoms with van der Waals surface area (Å²) in [5, 5.41) is 5.93. The van der Waals surface area contributed by atoms with Crippen LogP contribution in [0.5, 0.6) is 0 Å². The third-order valence-electron chi connectivity index (χ3n) is 2.45. The third kappa shape index (κ3) is 3.19. The number of nitrogens with zero attached hydrogens (tertiary/aromatic N) is 4. The Kier molecular flexibility index (Phi) is 4.14. The van der Waals surface area contributed by atoms with Crippen molar-refractivity contribution in [2.75, 3.05) is 36.4 Å². The van der Waals surface area contributed by atoms with E-state index in [2.05, 4.69) is 25.6 Å². The van der Waals surface area contributed by atoms with Crippen molar-refractivity contribution in [3.63, 3.8) is 0 Å². The van der Waals surface area contributed by atoms with Crippen LogP contribution in [0.1, 0.15) is 13.3 Å². The Morgan fingerprint density at radius 2 is 2.28 bits per heavy atom. The smallest absolute Gasteiger partial charge is 0.239 e. The molecule has 0 atom stereocenters. The van der Waals surface area contributed by atoms with Gasteiger partial charge in [0.1, 0.15) is 0 Å². The quantitative estimate of drug-likeness (QED) is 0.818. The molecule has 0 radical (unpaired) electrons. The van der Waals surface area contributed by atoms with Crippen LogP contribution in [-0.2, 0) is 4.79 Å². The SMILES string of the molecule is CCCNc1nc(Cl)nc(N2CCNC(=O)C2)n1. The van der Waals surface area contributed by atoms with E-state index < -0.39 is 0 Å². The molecule has 1 amide bonds. The van der Waals surface area contributed by atoms with Gasteiger partial charge >= 0.3 is 0 Å². The van der Waals surface area contributed by atoms with Crippen LogP contribution in [0.3, 0.4) is 0 Å². The summed E-state index contributed by atoms with van der Waals surface area (Å²) in [6.45, 7) is 4.30. The van der Waals surface area contributed by atoms with Crippen molar-refractivity contribution in [1.82, 2.24) is 20.3 Å². The summed E-state index contributed by atoms with van der Waals surface area (Å²) in [6.07, 6.45) is 0.963. The van der Waals surface area contributed by atoms with Crippen molar-refractivity contribution in [3.05, 3.63) is 5.28 Å². The second-order valence-corrected chi connectivity index (χ2v) is 4.26. The second-order valence-electron chi connectivity index (χ2n) is 3.93. The van der Waals surface area contributed by atoms with Crippen LogP contribution in [0.4, 0.5) is 11.9 Å². The molecule has 0 aromatic carbocycles. The van der Waals surface area contributed by atoms with Crippen molar-refractivity contribution in [1.29, 1.82) is 0 Å². The molecule has 1 saturated heterocycles. The number of anilines is 2. The van der Waals surface area contributed by atoms with Gasteiger partial charge in [0, 0.05) is 19.6 Å². The van der Waals surface area contributed by atoms with Gasteiger partial charge < -0.3 is 15.5 Å². The molecule has 0 spiro atoms. The Hall–Kier alpha value is -1.63. The van der Waals surface area contributed by atoms with Crippen LogP contribution in [0.25, 0.3) is 0 Å². The first kappa shape index (κ1) is 12.8. The van der Waals surface area contributed by atoms with Crippen molar-refractivity contribution >= 4 is 29.4 Å². The average Bonchev–Trinajstić information content (AvgIpc) is 2.36. The van der Waals surface area contributed by atoms with Crippen LogP contribution in [0, 0.1) is 0 Å². The highest BCUT2D eigenvalue weighted by atomic mass is 35.5. The van der Waals surface area contributed by atoms with Gasteiger partial charge in [0.05, 0.1) is 6.54 Å². The molecule has 1 aliphatic rings. The molecule has 0 bridgehead atoms. The zero-order valence-corrected chi connectivity index (χ0v) is 10.9. The van der Waals surface area contributed by atoms with Crippen molar-refractivity contribution in [2.24, 2.45) is 0 Å². The maximum Gasteiger partial charge on any atom is 0.239 e. The number of halogens is 1. The first-order chi connectivity index (χ1) is 8.69. The summed E-state index contributed by atoms with van der Waals surface area (Å²) in [7, 11) is 0. The normalized spacial score (nSPS) is 15.4. The number of carbonyl (C=O) groups excluding carboxylic acids is 1. The molecule has 1 aromatic heterocycles. The van der Waals surface area contributed by atoms with E-state index in [0.29, 0.717) is 25.0 Å². The molecule has 7 nitrogen and oxygen atoms in total. The Bertz CT molecular complexity index is 440. The summed E-state index contributed by atoms with van der Waals surface area (Å²) in [5.74, 6) is 0.835. The van der Waals surface area contributed by atoms with E-state index >= 15 is 0 Å². The number of rotatable bonds is 4. The second kappa shape index (κ2) is 5.81. The number of hydrogen-bond acceptors (Lipinski definition) is 6. The summed E-state index contributed by atoms with van der Waals surface area (Å²) < 4.78 is 0. The largest absolute Gasteiger partial charge is 0.354 e. The molecule has 18 heavy (non-hydrogen) atoms. The maximum absolute atomic E-state index is 11.3. The van der Waals surface area contributed by atoms with Gasteiger partial charge in [-0.05, 0) is 18.0 Å². The molecule has 1 aliphatic heterocycles. The molecule has 2 rings (SSSR count). The average molecular weight is 271 g/mol. The van der Waals surface area contributed by atoms with Crippen LogP contribution in [-0.4, -0.2) is 47.0 Å². The number of piperazine rings is 1. The molecule has 2 heterocycles. The van der Waals surface area contributed by atoms with Gasteiger partial charge in [-0.15, -0.1) is 0 Å². The number of carbonyl (C=O) groups is 1. The summed E-state index contributed by atoms with van der Waals surface area (Å²) in [6, 6.07) is 0.